The third-order valence-electron chi connectivity index (χ3n) is 6.57. The number of fused-ring (bicyclic) bond motifs is 1. The Kier molecular flexibility index (Phi) is 6.12. The van der Waals surface area contributed by atoms with Gasteiger partial charge in [0.1, 0.15) is 5.82 Å². The van der Waals surface area contributed by atoms with E-state index in [1.807, 2.05) is 30.3 Å². The molecule has 2 aliphatic rings. The van der Waals surface area contributed by atoms with Crippen molar-refractivity contribution in [1.29, 1.82) is 0 Å². The number of hydrogen-bond donors (Lipinski definition) is 0. The van der Waals surface area contributed by atoms with Crippen LogP contribution in [-0.4, -0.2) is 42.3 Å². The van der Waals surface area contributed by atoms with Crippen molar-refractivity contribution in [2.75, 3.05) is 24.5 Å². The number of aromatic nitrogens is 2. The maximum Gasteiger partial charge on any atom is 0.243 e. The van der Waals surface area contributed by atoms with Gasteiger partial charge in [-0.3, -0.25) is 0 Å². The van der Waals surface area contributed by atoms with Gasteiger partial charge in [-0.15, -0.1) is 0 Å². The fraction of sp³-hybridized carbons (Fsp3) is 0.360. The lowest BCUT2D eigenvalue weighted by Crippen LogP contribution is -2.39. The molecule has 6 nitrogen and oxygen atoms in total. The number of rotatable bonds is 4. The molecular formula is C25H27ClN4O2S. The van der Waals surface area contributed by atoms with E-state index in [1.54, 1.807) is 28.6 Å². The number of nitrogens with zero attached hydrogens (tertiary/aromatic N) is 4. The van der Waals surface area contributed by atoms with Crippen LogP contribution in [0.25, 0.3) is 11.4 Å². The van der Waals surface area contributed by atoms with Crippen LogP contribution in [0.5, 0.6) is 0 Å². The van der Waals surface area contributed by atoms with Gasteiger partial charge in [-0.25, -0.2) is 18.4 Å². The average Bonchev–Trinajstić information content (AvgIpc) is 2.84. The molecule has 5 rings (SSSR count). The second-order valence-corrected chi connectivity index (χ2v) is 11.2. The van der Waals surface area contributed by atoms with Crippen LogP contribution < -0.4 is 4.90 Å². The Bertz CT molecular complexity index is 1240. The van der Waals surface area contributed by atoms with Crippen molar-refractivity contribution < 1.29 is 8.42 Å². The molecule has 1 saturated heterocycles. The molecule has 33 heavy (non-hydrogen) atoms. The Morgan fingerprint density at radius 1 is 0.939 bits per heavy atom. The fourth-order valence-electron chi connectivity index (χ4n) is 4.53. The standard InChI is InChI=1S/C25H27ClN4O2S/c1-18-11-14-29(15-12-18)25-22-17-30(33(31,32)21-9-7-20(26)8-10-21)16-13-23(22)27-24(28-25)19-5-3-2-4-6-19/h2-10,18H,11-17H2,1H3. The maximum absolute atomic E-state index is 13.4. The van der Waals surface area contributed by atoms with Gasteiger partial charge < -0.3 is 4.90 Å². The van der Waals surface area contributed by atoms with Crippen LogP contribution in [0.3, 0.4) is 0 Å². The highest BCUT2D eigenvalue weighted by molar-refractivity contribution is 7.89. The highest BCUT2D eigenvalue weighted by Crippen LogP contribution is 2.34. The van der Waals surface area contributed by atoms with Crippen LogP contribution in [0.2, 0.25) is 5.02 Å². The van der Waals surface area contributed by atoms with E-state index in [9.17, 15) is 8.42 Å². The molecular weight excluding hydrogens is 456 g/mol. The largest absolute Gasteiger partial charge is 0.356 e. The lowest BCUT2D eigenvalue weighted by Gasteiger charge is -2.35. The van der Waals surface area contributed by atoms with Gasteiger partial charge in [0.05, 0.1) is 10.6 Å². The molecule has 0 aliphatic carbocycles. The van der Waals surface area contributed by atoms with Gasteiger partial charge in [-0.05, 0) is 43.0 Å². The molecule has 0 bridgehead atoms. The quantitative estimate of drug-likeness (QED) is 0.535. The first-order valence-corrected chi connectivity index (χ1v) is 13.2. The summed E-state index contributed by atoms with van der Waals surface area (Å²) in [4.78, 5) is 12.4. The smallest absolute Gasteiger partial charge is 0.243 e. The summed E-state index contributed by atoms with van der Waals surface area (Å²) in [6.07, 6.45) is 2.76. The lowest BCUT2D eigenvalue weighted by atomic mass is 9.98. The molecule has 3 aromatic rings. The first-order valence-electron chi connectivity index (χ1n) is 11.4. The van der Waals surface area contributed by atoms with Crippen molar-refractivity contribution >= 4 is 27.4 Å². The molecule has 0 spiro atoms. The van der Waals surface area contributed by atoms with Crippen molar-refractivity contribution in [3.05, 3.63) is 70.9 Å². The number of piperidine rings is 1. The van der Waals surface area contributed by atoms with E-state index in [4.69, 9.17) is 21.6 Å². The predicted molar refractivity (Wildman–Crippen MR) is 131 cm³/mol. The van der Waals surface area contributed by atoms with E-state index in [0.29, 0.717) is 29.7 Å². The molecule has 1 fully saturated rings. The van der Waals surface area contributed by atoms with Crippen LogP contribution in [0.15, 0.2) is 59.5 Å². The summed E-state index contributed by atoms with van der Waals surface area (Å²) >= 11 is 5.97. The number of hydrogen-bond acceptors (Lipinski definition) is 5. The molecule has 2 aromatic carbocycles. The highest BCUT2D eigenvalue weighted by Gasteiger charge is 2.33. The lowest BCUT2D eigenvalue weighted by molar-refractivity contribution is 0.384. The van der Waals surface area contributed by atoms with Gasteiger partial charge in [0.15, 0.2) is 5.82 Å². The zero-order chi connectivity index (χ0) is 23.0. The first kappa shape index (κ1) is 22.3. The normalized spacial score (nSPS) is 17.7. The van der Waals surface area contributed by atoms with E-state index in [1.165, 1.54) is 0 Å². The Morgan fingerprint density at radius 2 is 1.64 bits per heavy atom. The van der Waals surface area contributed by atoms with Crippen LogP contribution in [0.1, 0.15) is 31.0 Å². The molecule has 0 amide bonds. The van der Waals surface area contributed by atoms with Gasteiger partial charge in [0.25, 0.3) is 0 Å². The number of benzene rings is 2. The van der Waals surface area contributed by atoms with Crippen LogP contribution >= 0.6 is 11.6 Å². The minimum Gasteiger partial charge on any atom is -0.356 e. The number of sulfonamides is 1. The second kappa shape index (κ2) is 9.05. The molecule has 0 atom stereocenters. The minimum absolute atomic E-state index is 0.255. The van der Waals surface area contributed by atoms with Gasteiger partial charge in [-0.1, -0.05) is 48.9 Å². The molecule has 0 saturated carbocycles. The van der Waals surface area contributed by atoms with E-state index < -0.39 is 10.0 Å². The van der Waals surface area contributed by atoms with E-state index in [2.05, 4.69) is 11.8 Å². The van der Waals surface area contributed by atoms with E-state index in [0.717, 1.165) is 48.6 Å². The van der Waals surface area contributed by atoms with Crippen LogP contribution in [0.4, 0.5) is 5.82 Å². The Labute approximate surface area is 200 Å². The van der Waals surface area contributed by atoms with Gasteiger partial charge >= 0.3 is 0 Å². The third-order valence-corrected chi connectivity index (χ3v) is 8.68. The van der Waals surface area contributed by atoms with Gasteiger partial charge in [0, 0.05) is 48.7 Å². The molecule has 0 unspecified atom stereocenters. The molecule has 0 N–H and O–H groups in total. The maximum atomic E-state index is 13.4. The highest BCUT2D eigenvalue weighted by atomic mass is 35.5. The Hall–Kier alpha value is -2.48. The summed E-state index contributed by atoms with van der Waals surface area (Å²) in [5.74, 6) is 2.27. The zero-order valence-electron chi connectivity index (χ0n) is 18.6. The topological polar surface area (TPSA) is 66.4 Å². The van der Waals surface area contributed by atoms with Crippen LogP contribution in [0, 0.1) is 5.92 Å². The van der Waals surface area contributed by atoms with E-state index in [-0.39, 0.29) is 11.4 Å². The van der Waals surface area contributed by atoms with Gasteiger partial charge in [-0.2, -0.15) is 4.31 Å². The molecule has 2 aliphatic heterocycles. The summed E-state index contributed by atoms with van der Waals surface area (Å²) in [6, 6.07) is 16.3. The number of halogens is 1. The Morgan fingerprint density at radius 3 is 2.33 bits per heavy atom. The summed E-state index contributed by atoms with van der Waals surface area (Å²) < 4.78 is 28.3. The zero-order valence-corrected chi connectivity index (χ0v) is 20.2. The SMILES string of the molecule is CC1CCN(c2nc(-c3ccccc3)nc3c2CN(S(=O)(=O)c2ccc(Cl)cc2)CC3)CC1. The molecule has 0 radical (unpaired) electrons. The summed E-state index contributed by atoms with van der Waals surface area (Å²) in [5.41, 5.74) is 2.84. The Balaban J connectivity index is 1.54. The van der Waals surface area contributed by atoms with Gasteiger partial charge in [0.2, 0.25) is 10.0 Å². The van der Waals surface area contributed by atoms with Crippen LogP contribution in [-0.2, 0) is 23.0 Å². The fourth-order valence-corrected chi connectivity index (χ4v) is 6.07. The second-order valence-electron chi connectivity index (χ2n) is 8.87. The minimum atomic E-state index is -3.64. The molecule has 172 valence electrons. The average molecular weight is 483 g/mol. The van der Waals surface area contributed by atoms with Crippen molar-refractivity contribution in [1.82, 2.24) is 14.3 Å². The van der Waals surface area contributed by atoms with Crippen molar-refractivity contribution in [2.45, 2.75) is 37.6 Å². The molecule has 3 heterocycles. The predicted octanol–water partition coefficient (Wildman–Crippen LogP) is 4.78. The van der Waals surface area contributed by atoms with Crippen molar-refractivity contribution in [3.8, 4) is 11.4 Å². The third kappa shape index (κ3) is 4.50. The van der Waals surface area contributed by atoms with E-state index >= 15 is 0 Å². The summed E-state index contributed by atoms with van der Waals surface area (Å²) in [6.45, 7) is 4.78. The number of anilines is 1. The monoisotopic (exact) mass is 482 g/mol. The molecule has 8 heteroatoms. The summed E-state index contributed by atoms with van der Waals surface area (Å²) in [7, 11) is -3.64. The van der Waals surface area contributed by atoms with Crippen molar-refractivity contribution in [2.24, 2.45) is 5.92 Å². The first-order chi connectivity index (χ1) is 15.9. The summed E-state index contributed by atoms with van der Waals surface area (Å²) in [5, 5.41) is 0.515. The molecule has 1 aromatic heterocycles. The van der Waals surface area contributed by atoms with Crippen molar-refractivity contribution in [3.63, 3.8) is 0 Å².